The number of hydrogen-bond acceptors (Lipinski definition) is 6. The van der Waals surface area contributed by atoms with Gasteiger partial charge in [-0.3, -0.25) is 14.6 Å². The smallest absolute Gasteiger partial charge is 0.478 e. The van der Waals surface area contributed by atoms with Crippen LogP contribution < -0.4 is 51.4 Å². The number of esters is 1. The minimum Gasteiger partial charge on any atom is -0.478 e. The number of pyridine rings is 1. The van der Waals surface area contributed by atoms with E-state index in [1.807, 2.05) is 6.92 Å². The Kier molecular flexibility index (Phi) is 35.3. The van der Waals surface area contributed by atoms with Gasteiger partial charge >= 0.3 is 57.4 Å². The average Bonchev–Trinajstić information content (AvgIpc) is 2.88. The maximum atomic E-state index is 12.1. The molecule has 0 unspecified atom stereocenters. The summed E-state index contributed by atoms with van der Waals surface area (Å²) in [6.45, 7) is 19.0. The maximum absolute atomic E-state index is 12.1. The minimum absolute atomic E-state index is 0. The van der Waals surface area contributed by atoms with Gasteiger partial charge in [0.15, 0.2) is 0 Å². The van der Waals surface area contributed by atoms with Gasteiger partial charge in [-0.05, 0) is 19.8 Å². The molecular formula is C32H53ClFKNO5S-. The second-order valence-corrected chi connectivity index (χ2v) is 12.7. The summed E-state index contributed by atoms with van der Waals surface area (Å²) in [5, 5.41) is 0.814. The average molecular weight is 657 g/mol. The normalized spacial score (nSPS) is 12.0. The summed E-state index contributed by atoms with van der Waals surface area (Å²) in [5.74, 6) is 0.657. The second kappa shape index (κ2) is 30.6. The van der Waals surface area contributed by atoms with E-state index < -0.39 is 9.84 Å². The molecule has 0 bridgehead atoms. The van der Waals surface area contributed by atoms with Gasteiger partial charge in [-0.2, -0.15) is 23.6 Å². The first-order valence-electron chi connectivity index (χ1n) is 14.3. The molecule has 0 amide bonds. The van der Waals surface area contributed by atoms with Crippen LogP contribution in [0.2, 0.25) is 0 Å². The Morgan fingerprint density at radius 3 is 1.86 bits per heavy atom. The summed E-state index contributed by atoms with van der Waals surface area (Å²) in [6, 6.07) is 2.84. The van der Waals surface area contributed by atoms with Crippen LogP contribution in [0.15, 0.2) is 29.9 Å². The molecule has 0 spiro atoms. The second-order valence-electron chi connectivity index (χ2n) is 9.89. The Morgan fingerprint density at radius 1 is 1.05 bits per heavy atom. The molecule has 0 aliphatic carbocycles. The molecule has 0 saturated heterocycles. The number of ketones is 1. The van der Waals surface area contributed by atoms with Crippen LogP contribution in [0.25, 0.3) is 0 Å². The predicted octanol–water partition coefficient (Wildman–Crippen LogP) is 5.48. The van der Waals surface area contributed by atoms with Gasteiger partial charge in [0.1, 0.15) is 27.5 Å². The number of hydrogen-bond donors (Lipinski definition) is 0. The molecule has 0 N–H and O–H groups in total. The zero-order chi connectivity index (χ0) is 32.4. The largest absolute Gasteiger partial charge is 1.00 e. The molecule has 0 aromatic carbocycles. The summed E-state index contributed by atoms with van der Waals surface area (Å²) in [5.41, 5.74) is 0.566. The first-order valence-corrected chi connectivity index (χ1v) is 16.7. The third-order valence-corrected chi connectivity index (χ3v) is 6.66. The van der Waals surface area contributed by atoms with Gasteiger partial charge < -0.3 is 10.8 Å². The summed E-state index contributed by atoms with van der Waals surface area (Å²) >= 11 is 5.81. The Labute approximate surface area is 304 Å². The molecule has 2 atom stereocenters. The van der Waals surface area contributed by atoms with Crippen molar-refractivity contribution in [2.45, 2.75) is 113 Å². The van der Waals surface area contributed by atoms with Crippen LogP contribution in [0.4, 0.5) is 4.39 Å². The SMILES string of the molecule is C=[C-]c1ccc(F)cn1.CC(=O)CCS(C)(=O)=O.CCCC(CCC)OC(C)=O.CCC[C@@H]([C-]=C(C)Cl)[C@@H](C)CC.[K+]. The van der Waals surface area contributed by atoms with Crippen LogP contribution in [0, 0.1) is 29.8 Å². The van der Waals surface area contributed by atoms with Gasteiger partial charge in [0.05, 0.1) is 11.9 Å². The van der Waals surface area contributed by atoms with E-state index >= 15 is 0 Å². The van der Waals surface area contributed by atoms with E-state index in [0.717, 1.165) is 43.2 Å². The first-order chi connectivity index (χ1) is 19.1. The van der Waals surface area contributed by atoms with E-state index in [1.54, 1.807) is 0 Å². The number of Topliss-reactive ketones (excluding diaryl/α,β-unsaturated/α-hetero) is 1. The van der Waals surface area contributed by atoms with Crippen molar-refractivity contribution in [3.8, 4) is 0 Å². The number of ether oxygens (including phenoxy) is 1. The Hall–Kier alpha value is -0.424. The summed E-state index contributed by atoms with van der Waals surface area (Å²) in [4.78, 5) is 24.5. The van der Waals surface area contributed by atoms with Gasteiger partial charge in [0, 0.05) is 19.6 Å². The van der Waals surface area contributed by atoms with Crippen LogP contribution in [-0.4, -0.2) is 43.3 Å². The fourth-order valence-corrected chi connectivity index (χ4v) is 4.10. The topological polar surface area (TPSA) is 90.4 Å². The molecule has 42 heavy (non-hydrogen) atoms. The Morgan fingerprint density at radius 2 is 1.57 bits per heavy atom. The third-order valence-electron chi connectivity index (χ3n) is 5.60. The fraction of sp³-hybridized carbons (Fsp3) is 0.656. The van der Waals surface area contributed by atoms with Crippen LogP contribution in [0.5, 0.6) is 0 Å². The monoisotopic (exact) mass is 656 g/mol. The van der Waals surface area contributed by atoms with Gasteiger partial charge in [-0.1, -0.05) is 79.6 Å². The number of halogens is 2. The molecule has 238 valence electrons. The predicted molar refractivity (Wildman–Crippen MR) is 169 cm³/mol. The number of allylic oxidation sites excluding steroid dienone is 2. The molecule has 1 aromatic rings. The van der Waals surface area contributed by atoms with E-state index in [0.29, 0.717) is 17.5 Å². The van der Waals surface area contributed by atoms with Crippen molar-refractivity contribution in [2.75, 3.05) is 12.0 Å². The minimum atomic E-state index is -2.94. The number of rotatable bonds is 14. The molecular weight excluding hydrogens is 604 g/mol. The Balaban J connectivity index is -0.000000229. The van der Waals surface area contributed by atoms with E-state index in [1.165, 1.54) is 45.2 Å². The van der Waals surface area contributed by atoms with Crippen molar-refractivity contribution >= 4 is 33.2 Å². The number of carbonyl (C=O) groups is 2. The number of aromatic nitrogens is 1. The molecule has 0 saturated carbocycles. The number of nitrogens with zero attached hydrogens (tertiary/aromatic N) is 1. The fourth-order valence-electron chi connectivity index (χ4n) is 3.30. The van der Waals surface area contributed by atoms with Crippen LogP contribution in [-0.2, 0) is 24.2 Å². The van der Waals surface area contributed by atoms with Crippen molar-refractivity contribution in [3.63, 3.8) is 0 Å². The molecule has 0 aliphatic heterocycles. The molecule has 10 heteroatoms. The van der Waals surface area contributed by atoms with E-state index in [4.69, 9.17) is 16.3 Å². The molecule has 6 nitrogen and oxygen atoms in total. The zero-order valence-corrected chi connectivity index (χ0v) is 32.4. The first kappa shape index (κ1) is 48.5. The number of sulfone groups is 1. The zero-order valence-electron chi connectivity index (χ0n) is 27.7. The summed E-state index contributed by atoms with van der Waals surface area (Å²) in [6.07, 6.45) is 16.2. The standard InChI is InChI=1S/C11H20Cl.C9H18O2.C7H5FN.C5H10O3S.K/c1-5-7-11(8-10(4)12)9(3)6-2;1-4-6-9(7-5-2)11-8(3)10;1-2-7-4-3-6(8)5-9-7;1-5(6)3-4-9(2,7)8;/h9,11H,5-7H2,1-4H3;9H,4-7H2,1-3H3;3-5H,1H2;3-4H2,1-2H3;/q-1;;-1;;+1/t9-,11-;;;;/m0..../s1. The van der Waals surface area contributed by atoms with Crippen LogP contribution in [0.1, 0.15) is 112 Å². The number of carbonyl (C=O) groups excluding carboxylic acids is 2. The van der Waals surface area contributed by atoms with Gasteiger partial charge in [0.2, 0.25) is 0 Å². The Bertz CT molecular complexity index is 962. The molecule has 0 aliphatic rings. The van der Waals surface area contributed by atoms with Crippen molar-refractivity contribution in [3.05, 3.63) is 53.6 Å². The quantitative estimate of drug-likeness (QED) is 0.150. The van der Waals surface area contributed by atoms with Crippen molar-refractivity contribution in [1.29, 1.82) is 0 Å². The van der Waals surface area contributed by atoms with Gasteiger partial charge in [0.25, 0.3) is 0 Å². The summed E-state index contributed by atoms with van der Waals surface area (Å²) < 4.78 is 38.0. The molecule has 1 heterocycles. The van der Waals surface area contributed by atoms with Crippen LogP contribution in [0.3, 0.4) is 0 Å². The van der Waals surface area contributed by atoms with Gasteiger partial charge in [-0.25, -0.2) is 18.9 Å². The van der Waals surface area contributed by atoms with Crippen LogP contribution >= 0.6 is 11.6 Å². The molecule has 0 radical (unpaired) electrons. The molecule has 1 rings (SSSR count). The maximum Gasteiger partial charge on any atom is 1.00 e. The van der Waals surface area contributed by atoms with E-state index in [9.17, 15) is 22.4 Å². The molecule has 1 aromatic heterocycles. The van der Waals surface area contributed by atoms with E-state index in [2.05, 4.69) is 58.3 Å². The van der Waals surface area contributed by atoms with Crippen molar-refractivity contribution < 1.29 is 78.5 Å². The molecule has 0 fully saturated rings. The third kappa shape index (κ3) is 35.8. The van der Waals surface area contributed by atoms with Crippen molar-refractivity contribution in [2.24, 2.45) is 11.8 Å². The summed E-state index contributed by atoms with van der Waals surface area (Å²) in [7, 11) is -2.94. The van der Waals surface area contributed by atoms with E-state index in [-0.39, 0.29) is 87.2 Å². The van der Waals surface area contributed by atoms with Crippen molar-refractivity contribution in [1.82, 2.24) is 4.98 Å². The van der Waals surface area contributed by atoms with Gasteiger partial charge in [-0.15, -0.1) is 23.4 Å².